The average Bonchev–Trinajstić information content (AvgIpc) is 2.88. The zero-order valence-electron chi connectivity index (χ0n) is 14.7. The molecule has 1 saturated heterocycles. The Bertz CT molecular complexity index is 757. The maximum absolute atomic E-state index is 12.0. The number of hydrogen-bond acceptors (Lipinski definition) is 5. The monoisotopic (exact) mass is 367 g/mol. The molecule has 25 heavy (non-hydrogen) atoms. The van der Waals surface area contributed by atoms with Crippen LogP contribution in [0.15, 0.2) is 18.2 Å². The molecule has 1 aromatic carbocycles. The molecule has 1 unspecified atom stereocenters. The van der Waals surface area contributed by atoms with E-state index in [1.165, 1.54) is 0 Å². The molecule has 2 aliphatic heterocycles. The Labute approximate surface area is 148 Å². The molecule has 0 saturated carbocycles. The van der Waals surface area contributed by atoms with Gasteiger partial charge in [0.05, 0.1) is 11.5 Å². The number of ether oxygens (including phenoxy) is 2. The van der Waals surface area contributed by atoms with Crippen LogP contribution in [0.2, 0.25) is 0 Å². The first-order valence-corrected chi connectivity index (χ1v) is 10.5. The molecule has 1 N–H and O–H groups in total. The lowest BCUT2D eigenvalue weighted by Crippen LogP contribution is -2.34. The predicted molar refractivity (Wildman–Crippen MR) is 94.7 cm³/mol. The van der Waals surface area contributed by atoms with E-state index in [4.69, 9.17) is 9.47 Å². The highest BCUT2D eigenvalue weighted by Gasteiger charge is 2.29. The molecular formula is C18H25NO5S. The molecule has 1 aromatic rings. The van der Waals surface area contributed by atoms with Crippen LogP contribution in [0.4, 0.5) is 0 Å². The normalized spacial score (nSPS) is 23.4. The van der Waals surface area contributed by atoms with Gasteiger partial charge < -0.3 is 14.8 Å². The molecule has 1 atom stereocenters. The number of hydrogen-bond donors (Lipinski definition) is 1. The summed E-state index contributed by atoms with van der Waals surface area (Å²) < 4.78 is 34.5. The highest BCUT2D eigenvalue weighted by Crippen LogP contribution is 2.38. The Balaban J connectivity index is 1.51. The molecule has 6 nitrogen and oxygen atoms in total. The van der Waals surface area contributed by atoms with Crippen molar-refractivity contribution >= 4 is 15.7 Å². The quantitative estimate of drug-likeness (QED) is 0.857. The van der Waals surface area contributed by atoms with Gasteiger partial charge in [-0.2, -0.15) is 0 Å². The summed E-state index contributed by atoms with van der Waals surface area (Å²) in [6, 6.07) is 5.62. The maximum Gasteiger partial charge on any atom is 0.257 e. The Morgan fingerprint density at radius 3 is 2.92 bits per heavy atom. The largest absolute Gasteiger partial charge is 0.487 e. The van der Waals surface area contributed by atoms with Crippen LogP contribution in [0, 0.1) is 5.92 Å². The summed E-state index contributed by atoms with van der Waals surface area (Å²) in [5, 5.41) is 2.77. The number of carbonyl (C=O) groups is 1. The highest BCUT2D eigenvalue weighted by molar-refractivity contribution is 7.91. The number of amides is 1. The second-order valence-corrected chi connectivity index (χ2v) is 9.69. The molecule has 138 valence electrons. The number of sulfone groups is 1. The molecule has 0 spiro atoms. The fourth-order valence-electron chi connectivity index (χ4n) is 3.28. The fourth-order valence-corrected chi connectivity index (χ4v) is 5.14. The molecule has 2 aliphatic rings. The third kappa shape index (κ3) is 4.66. The van der Waals surface area contributed by atoms with Crippen molar-refractivity contribution in [1.29, 1.82) is 0 Å². The molecule has 0 radical (unpaired) electrons. The maximum atomic E-state index is 12.0. The minimum absolute atomic E-state index is 0.00839. The number of nitrogens with one attached hydrogen (secondary N) is 1. The zero-order chi connectivity index (χ0) is 18.1. The van der Waals surface area contributed by atoms with Crippen molar-refractivity contribution < 1.29 is 22.7 Å². The van der Waals surface area contributed by atoms with E-state index >= 15 is 0 Å². The van der Waals surface area contributed by atoms with Crippen molar-refractivity contribution in [1.82, 2.24) is 5.32 Å². The lowest BCUT2D eigenvalue weighted by molar-refractivity contribution is -0.123. The second kappa shape index (κ2) is 6.86. The van der Waals surface area contributed by atoms with Gasteiger partial charge in [0.25, 0.3) is 5.91 Å². The van der Waals surface area contributed by atoms with Gasteiger partial charge >= 0.3 is 0 Å². The van der Waals surface area contributed by atoms with Gasteiger partial charge in [-0.05, 0) is 51.2 Å². The van der Waals surface area contributed by atoms with E-state index in [1.807, 2.05) is 18.2 Å². The molecule has 1 fully saturated rings. The molecule has 2 heterocycles. The van der Waals surface area contributed by atoms with Crippen molar-refractivity contribution in [3.05, 3.63) is 23.8 Å². The Morgan fingerprint density at radius 1 is 1.40 bits per heavy atom. The third-order valence-corrected chi connectivity index (χ3v) is 6.56. The van der Waals surface area contributed by atoms with Crippen molar-refractivity contribution in [2.45, 2.75) is 38.7 Å². The van der Waals surface area contributed by atoms with Gasteiger partial charge in [-0.15, -0.1) is 0 Å². The first-order chi connectivity index (χ1) is 11.7. The molecular weight excluding hydrogens is 342 g/mol. The standard InChI is InChI=1S/C18H25NO5S/c1-18(2)8-6-14-15(4-3-5-16(14)24-18)23-11-17(20)19-10-13-7-9-25(21,22)12-13/h3-5,13H,6-12H2,1-2H3,(H,19,20). The predicted octanol–water partition coefficient (Wildman–Crippen LogP) is 1.72. The SMILES string of the molecule is CC1(C)CCc2c(OCC(=O)NCC3CCS(=O)(=O)C3)cccc2O1. The highest BCUT2D eigenvalue weighted by atomic mass is 32.2. The molecule has 1 amide bonds. The topological polar surface area (TPSA) is 81.7 Å². The van der Waals surface area contributed by atoms with Crippen LogP contribution in [0.3, 0.4) is 0 Å². The second-order valence-electron chi connectivity index (χ2n) is 7.46. The van der Waals surface area contributed by atoms with Crippen molar-refractivity contribution in [3.8, 4) is 11.5 Å². The molecule has 7 heteroatoms. The van der Waals surface area contributed by atoms with E-state index in [0.717, 1.165) is 24.2 Å². The van der Waals surface area contributed by atoms with E-state index in [1.54, 1.807) is 0 Å². The lowest BCUT2D eigenvalue weighted by atomic mass is 9.94. The van der Waals surface area contributed by atoms with Crippen molar-refractivity contribution in [2.75, 3.05) is 24.7 Å². The van der Waals surface area contributed by atoms with Crippen LogP contribution in [0.25, 0.3) is 0 Å². The van der Waals surface area contributed by atoms with Gasteiger partial charge in [0, 0.05) is 12.1 Å². The van der Waals surface area contributed by atoms with Crippen LogP contribution >= 0.6 is 0 Å². The van der Waals surface area contributed by atoms with Crippen LogP contribution in [-0.2, 0) is 21.1 Å². The van der Waals surface area contributed by atoms with Crippen LogP contribution in [0.5, 0.6) is 11.5 Å². The van der Waals surface area contributed by atoms with E-state index in [0.29, 0.717) is 18.7 Å². The summed E-state index contributed by atoms with van der Waals surface area (Å²) in [5.41, 5.74) is 0.807. The van der Waals surface area contributed by atoms with Gasteiger partial charge in [-0.3, -0.25) is 4.79 Å². The van der Waals surface area contributed by atoms with Crippen molar-refractivity contribution in [2.24, 2.45) is 5.92 Å². The Hall–Kier alpha value is -1.76. The lowest BCUT2D eigenvalue weighted by Gasteiger charge is -2.33. The average molecular weight is 367 g/mol. The smallest absolute Gasteiger partial charge is 0.257 e. The van der Waals surface area contributed by atoms with Crippen molar-refractivity contribution in [3.63, 3.8) is 0 Å². The molecule has 0 aliphatic carbocycles. The van der Waals surface area contributed by atoms with Gasteiger partial charge in [-0.1, -0.05) is 6.07 Å². The number of benzene rings is 1. The number of fused-ring (bicyclic) bond motifs is 1. The number of carbonyl (C=O) groups excluding carboxylic acids is 1. The van der Waals surface area contributed by atoms with Crippen LogP contribution in [-0.4, -0.2) is 44.6 Å². The van der Waals surface area contributed by atoms with Gasteiger partial charge in [0.2, 0.25) is 0 Å². The van der Waals surface area contributed by atoms with E-state index in [9.17, 15) is 13.2 Å². The molecule has 0 aromatic heterocycles. The number of rotatable bonds is 5. The van der Waals surface area contributed by atoms with Crippen LogP contribution < -0.4 is 14.8 Å². The molecule has 3 rings (SSSR count). The van der Waals surface area contributed by atoms with Gasteiger partial charge in [0.15, 0.2) is 16.4 Å². The summed E-state index contributed by atoms with van der Waals surface area (Å²) in [6.45, 7) is 4.41. The minimum atomic E-state index is -2.91. The van der Waals surface area contributed by atoms with E-state index < -0.39 is 9.84 Å². The fraction of sp³-hybridized carbons (Fsp3) is 0.611. The summed E-state index contributed by atoms with van der Waals surface area (Å²) in [5.74, 6) is 1.63. The van der Waals surface area contributed by atoms with E-state index in [2.05, 4.69) is 19.2 Å². The van der Waals surface area contributed by atoms with Gasteiger partial charge in [0.1, 0.15) is 17.1 Å². The molecule has 0 bridgehead atoms. The summed E-state index contributed by atoms with van der Waals surface area (Å²) >= 11 is 0. The summed E-state index contributed by atoms with van der Waals surface area (Å²) in [7, 11) is -2.91. The Morgan fingerprint density at radius 2 is 2.20 bits per heavy atom. The summed E-state index contributed by atoms with van der Waals surface area (Å²) in [4.78, 5) is 12.0. The van der Waals surface area contributed by atoms with E-state index in [-0.39, 0.29) is 35.5 Å². The third-order valence-electron chi connectivity index (χ3n) is 4.73. The first-order valence-electron chi connectivity index (χ1n) is 8.65. The first kappa shape index (κ1) is 18.0. The summed E-state index contributed by atoms with van der Waals surface area (Å²) in [6.07, 6.45) is 2.35. The van der Waals surface area contributed by atoms with Gasteiger partial charge in [-0.25, -0.2) is 8.42 Å². The minimum Gasteiger partial charge on any atom is -0.487 e. The zero-order valence-corrected chi connectivity index (χ0v) is 15.5. The Kier molecular flexibility index (Phi) is 4.95. The van der Waals surface area contributed by atoms with Crippen LogP contribution in [0.1, 0.15) is 32.3 Å².